The molecule has 2 rings (SSSR count). The second-order valence-electron chi connectivity index (χ2n) is 5.57. The molecule has 4 heteroatoms. The lowest BCUT2D eigenvalue weighted by molar-refractivity contribution is 0.247. The van der Waals surface area contributed by atoms with Gasteiger partial charge < -0.3 is 5.32 Å². The summed E-state index contributed by atoms with van der Waals surface area (Å²) in [5.74, 6) is 1.26. The molecule has 0 bridgehead atoms. The van der Waals surface area contributed by atoms with Crippen LogP contribution in [-0.4, -0.2) is 36.0 Å². The maximum Gasteiger partial charge on any atom is 0.0327 e. The van der Waals surface area contributed by atoms with Gasteiger partial charge in [0, 0.05) is 34.9 Å². The van der Waals surface area contributed by atoms with E-state index >= 15 is 0 Å². The molecule has 2 nitrogen and oxygen atoms in total. The van der Waals surface area contributed by atoms with Crippen LogP contribution >= 0.6 is 23.1 Å². The molecule has 1 aliphatic carbocycles. The summed E-state index contributed by atoms with van der Waals surface area (Å²) >= 11 is 3.90. The van der Waals surface area contributed by atoms with Crippen LogP contribution in [0.5, 0.6) is 0 Å². The van der Waals surface area contributed by atoms with Gasteiger partial charge in [0.1, 0.15) is 0 Å². The molecule has 1 aromatic heterocycles. The molecule has 0 saturated heterocycles. The van der Waals surface area contributed by atoms with Gasteiger partial charge in [-0.15, -0.1) is 11.3 Å². The van der Waals surface area contributed by atoms with Crippen molar-refractivity contribution in [2.24, 2.45) is 0 Å². The van der Waals surface area contributed by atoms with Crippen LogP contribution in [0, 0.1) is 0 Å². The molecule has 1 heterocycles. The first-order valence-corrected chi connectivity index (χ1v) is 9.40. The van der Waals surface area contributed by atoms with Gasteiger partial charge in [0.15, 0.2) is 0 Å². The van der Waals surface area contributed by atoms with Crippen LogP contribution in [0.1, 0.15) is 35.9 Å². The van der Waals surface area contributed by atoms with Crippen LogP contribution in [-0.2, 0) is 13.1 Å². The van der Waals surface area contributed by atoms with Gasteiger partial charge in [0.2, 0.25) is 0 Å². The van der Waals surface area contributed by atoms with E-state index in [9.17, 15) is 0 Å². The van der Waals surface area contributed by atoms with Crippen molar-refractivity contribution in [1.29, 1.82) is 0 Å². The molecular formula is C15H26N2S2. The second kappa shape index (κ2) is 7.67. The number of rotatable bonds is 9. The molecule has 0 radical (unpaired) electrons. The molecule has 1 unspecified atom stereocenters. The molecule has 0 aliphatic heterocycles. The van der Waals surface area contributed by atoms with E-state index in [1.165, 1.54) is 34.8 Å². The molecule has 0 aromatic carbocycles. The topological polar surface area (TPSA) is 15.3 Å². The summed E-state index contributed by atoms with van der Waals surface area (Å²) in [4.78, 5) is 5.44. The minimum Gasteiger partial charge on any atom is -0.309 e. The average molecular weight is 299 g/mol. The fraction of sp³-hybridized carbons (Fsp3) is 0.733. The zero-order valence-electron chi connectivity index (χ0n) is 12.3. The van der Waals surface area contributed by atoms with E-state index in [1.807, 2.05) is 23.1 Å². The first kappa shape index (κ1) is 15.4. The van der Waals surface area contributed by atoms with E-state index in [-0.39, 0.29) is 0 Å². The highest BCUT2D eigenvalue weighted by atomic mass is 32.2. The van der Waals surface area contributed by atoms with E-state index in [0.717, 1.165) is 19.1 Å². The van der Waals surface area contributed by atoms with Crippen LogP contribution in [0.3, 0.4) is 0 Å². The summed E-state index contributed by atoms with van der Waals surface area (Å²) < 4.78 is 0. The lowest BCUT2D eigenvalue weighted by Gasteiger charge is -2.23. The van der Waals surface area contributed by atoms with Crippen LogP contribution in [0.4, 0.5) is 0 Å². The van der Waals surface area contributed by atoms with Crippen molar-refractivity contribution in [2.45, 2.75) is 51.4 Å². The van der Waals surface area contributed by atoms with E-state index in [4.69, 9.17) is 0 Å². The molecule has 1 aromatic rings. The lowest BCUT2D eigenvalue weighted by atomic mass is 10.2. The molecular weight excluding hydrogens is 272 g/mol. The number of nitrogens with one attached hydrogen (secondary N) is 1. The molecule has 1 fully saturated rings. The fourth-order valence-electron chi connectivity index (χ4n) is 2.05. The molecule has 1 aliphatic rings. The Bertz CT molecular complexity index is 374. The Morgan fingerprint density at radius 2 is 2.16 bits per heavy atom. The largest absolute Gasteiger partial charge is 0.309 e. The van der Waals surface area contributed by atoms with Crippen LogP contribution in [0.25, 0.3) is 0 Å². The first-order valence-electron chi connectivity index (χ1n) is 7.19. The summed E-state index contributed by atoms with van der Waals surface area (Å²) in [6, 6.07) is 6.06. The minimum absolute atomic E-state index is 0.669. The SMILES string of the molecule is CSCCC(C)N(C)Cc1ccc(CNC2CC2)s1. The standard InChI is InChI=1S/C15H26N2S2/c1-12(8-9-18-3)17(2)11-15-7-6-14(19-15)10-16-13-4-5-13/h6-7,12-13,16H,4-5,8-11H2,1-3H3. The maximum atomic E-state index is 3.58. The number of thioether (sulfide) groups is 1. The van der Waals surface area contributed by atoms with Gasteiger partial charge in [-0.25, -0.2) is 0 Å². The van der Waals surface area contributed by atoms with Crippen molar-refractivity contribution in [3.63, 3.8) is 0 Å². The Balaban J connectivity index is 1.74. The van der Waals surface area contributed by atoms with Crippen molar-refractivity contribution >= 4 is 23.1 Å². The Labute approximate surface area is 126 Å². The van der Waals surface area contributed by atoms with Crippen LogP contribution < -0.4 is 5.32 Å². The average Bonchev–Trinajstić information content (AvgIpc) is 3.13. The van der Waals surface area contributed by atoms with Crippen molar-refractivity contribution < 1.29 is 0 Å². The monoisotopic (exact) mass is 298 g/mol. The Hall–Kier alpha value is -0.0300. The van der Waals surface area contributed by atoms with Gasteiger partial charge in [0.25, 0.3) is 0 Å². The predicted molar refractivity (Wildman–Crippen MR) is 88.1 cm³/mol. The molecule has 0 amide bonds. The molecule has 19 heavy (non-hydrogen) atoms. The highest BCUT2D eigenvalue weighted by Crippen LogP contribution is 2.23. The number of nitrogens with zero attached hydrogens (tertiary/aromatic N) is 1. The molecule has 1 atom stereocenters. The number of hydrogen-bond acceptors (Lipinski definition) is 4. The Morgan fingerprint density at radius 3 is 2.84 bits per heavy atom. The van der Waals surface area contributed by atoms with Gasteiger partial charge in [-0.1, -0.05) is 0 Å². The van der Waals surface area contributed by atoms with Gasteiger partial charge in [-0.05, 0) is 57.4 Å². The van der Waals surface area contributed by atoms with Crippen molar-refractivity contribution in [3.8, 4) is 0 Å². The summed E-state index contributed by atoms with van der Waals surface area (Å²) in [7, 11) is 2.24. The highest BCUT2D eigenvalue weighted by Gasteiger charge is 2.20. The third-order valence-electron chi connectivity index (χ3n) is 3.76. The predicted octanol–water partition coefficient (Wildman–Crippen LogP) is 3.57. The summed E-state index contributed by atoms with van der Waals surface area (Å²) in [5.41, 5.74) is 0. The molecule has 0 spiro atoms. The Morgan fingerprint density at radius 1 is 1.42 bits per heavy atom. The molecule has 1 saturated carbocycles. The minimum atomic E-state index is 0.669. The summed E-state index contributed by atoms with van der Waals surface area (Å²) in [6.45, 7) is 4.48. The van der Waals surface area contributed by atoms with Crippen LogP contribution in [0.2, 0.25) is 0 Å². The number of thiophene rings is 1. The lowest BCUT2D eigenvalue weighted by Crippen LogP contribution is -2.28. The van der Waals surface area contributed by atoms with Crippen molar-refractivity contribution in [2.75, 3.05) is 19.1 Å². The quantitative estimate of drug-likeness (QED) is 0.750. The maximum absolute atomic E-state index is 3.58. The highest BCUT2D eigenvalue weighted by molar-refractivity contribution is 7.98. The second-order valence-corrected chi connectivity index (χ2v) is 7.81. The number of hydrogen-bond donors (Lipinski definition) is 1. The zero-order valence-corrected chi connectivity index (χ0v) is 13.9. The smallest absolute Gasteiger partial charge is 0.0327 e. The van der Waals surface area contributed by atoms with E-state index in [2.05, 4.69) is 42.6 Å². The first-order chi connectivity index (χ1) is 9.19. The summed E-state index contributed by atoms with van der Waals surface area (Å²) in [6.07, 6.45) is 6.20. The van der Waals surface area contributed by atoms with Gasteiger partial charge >= 0.3 is 0 Å². The van der Waals surface area contributed by atoms with Gasteiger partial charge in [-0.2, -0.15) is 11.8 Å². The Kier molecular flexibility index (Phi) is 6.20. The normalized spacial score (nSPS) is 17.1. The zero-order chi connectivity index (χ0) is 13.7. The van der Waals surface area contributed by atoms with Gasteiger partial charge in [-0.3, -0.25) is 4.90 Å². The van der Waals surface area contributed by atoms with E-state index in [1.54, 1.807) is 0 Å². The van der Waals surface area contributed by atoms with Crippen LogP contribution in [0.15, 0.2) is 12.1 Å². The third-order valence-corrected chi connectivity index (χ3v) is 5.47. The van der Waals surface area contributed by atoms with E-state index < -0.39 is 0 Å². The fourth-order valence-corrected chi connectivity index (χ4v) is 3.65. The third kappa shape index (κ3) is 5.46. The van der Waals surface area contributed by atoms with Crippen molar-refractivity contribution in [1.82, 2.24) is 10.2 Å². The van der Waals surface area contributed by atoms with Crippen molar-refractivity contribution in [3.05, 3.63) is 21.9 Å². The molecule has 108 valence electrons. The van der Waals surface area contributed by atoms with Gasteiger partial charge in [0.05, 0.1) is 0 Å². The summed E-state index contributed by atoms with van der Waals surface area (Å²) in [5, 5.41) is 3.58. The van der Waals surface area contributed by atoms with E-state index in [0.29, 0.717) is 6.04 Å². The molecule has 1 N–H and O–H groups in total.